The van der Waals surface area contributed by atoms with Crippen LogP contribution in [0.5, 0.6) is 0 Å². The lowest BCUT2D eigenvalue weighted by atomic mass is 9.94. The van der Waals surface area contributed by atoms with E-state index in [2.05, 4.69) is 15.5 Å². The van der Waals surface area contributed by atoms with E-state index in [1.807, 2.05) is 0 Å². The van der Waals surface area contributed by atoms with E-state index in [4.69, 9.17) is 5.11 Å². The SMILES string of the molecule is C[C@H](NC(=O)c1c(CO)c2c3c(nn2[nH]c1=O)CCCC3)C(=O)O. The molecule has 0 aliphatic heterocycles. The molecule has 0 unspecified atom stereocenters. The molecule has 3 rings (SSSR count). The second kappa shape index (κ2) is 6.08. The van der Waals surface area contributed by atoms with Gasteiger partial charge in [0.05, 0.1) is 17.8 Å². The van der Waals surface area contributed by atoms with Gasteiger partial charge in [0, 0.05) is 11.1 Å². The third-order valence-electron chi connectivity index (χ3n) is 4.28. The van der Waals surface area contributed by atoms with Gasteiger partial charge in [0.1, 0.15) is 11.6 Å². The molecule has 0 fully saturated rings. The van der Waals surface area contributed by atoms with Crippen molar-refractivity contribution in [3.8, 4) is 0 Å². The average Bonchev–Trinajstić information content (AvgIpc) is 2.90. The fourth-order valence-electron chi connectivity index (χ4n) is 3.08. The molecule has 0 spiro atoms. The molecular formula is C15H18N4O5. The third-order valence-corrected chi connectivity index (χ3v) is 4.28. The molecule has 0 saturated carbocycles. The number of aromatic amines is 1. The minimum atomic E-state index is -1.21. The highest BCUT2D eigenvalue weighted by Crippen LogP contribution is 2.27. The van der Waals surface area contributed by atoms with Crippen LogP contribution in [0.2, 0.25) is 0 Å². The third kappa shape index (κ3) is 2.56. The summed E-state index contributed by atoms with van der Waals surface area (Å²) in [5.41, 5.74) is 1.47. The zero-order valence-electron chi connectivity index (χ0n) is 13.1. The van der Waals surface area contributed by atoms with Gasteiger partial charge in [-0.3, -0.25) is 14.4 Å². The van der Waals surface area contributed by atoms with Crippen molar-refractivity contribution in [1.82, 2.24) is 20.1 Å². The van der Waals surface area contributed by atoms with Crippen LogP contribution < -0.4 is 10.9 Å². The van der Waals surface area contributed by atoms with Gasteiger partial charge >= 0.3 is 5.97 Å². The van der Waals surface area contributed by atoms with E-state index >= 15 is 0 Å². The Morgan fingerprint density at radius 2 is 2.08 bits per heavy atom. The number of carbonyl (C=O) groups excluding carboxylic acids is 1. The largest absolute Gasteiger partial charge is 0.480 e. The standard InChI is InChI=1S/C15H18N4O5/c1-7(15(23)24)16-13(21)11-9(6-20)12-8-4-2-3-5-10(8)17-19(12)18-14(11)22/h7,20H,2-6H2,1H3,(H,16,21)(H,18,22)(H,23,24)/t7-/m0/s1. The van der Waals surface area contributed by atoms with Crippen LogP contribution >= 0.6 is 0 Å². The zero-order chi connectivity index (χ0) is 17.4. The van der Waals surface area contributed by atoms with Gasteiger partial charge in [-0.1, -0.05) is 0 Å². The monoisotopic (exact) mass is 334 g/mol. The van der Waals surface area contributed by atoms with Crippen LogP contribution in [-0.4, -0.2) is 43.0 Å². The number of aryl methyl sites for hydroxylation is 2. The number of rotatable bonds is 4. The Morgan fingerprint density at radius 1 is 1.38 bits per heavy atom. The van der Waals surface area contributed by atoms with Crippen LogP contribution in [0, 0.1) is 0 Å². The lowest BCUT2D eigenvalue weighted by Crippen LogP contribution is -2.41. The lowest BCUT2D eigenvalue weighted by Gasteiger charge is -2.13. The fourth-order valence-corrected chi connectivity index (χ4v) is 3.08. The minimum Gasteiger partial charge on any atom is -0.480 e. The second-order valence-corrected chi connectivity index (χ2v) is 5.88. The van der Waals surface area contributed by atoms with Crippen molar-refractivity contribution in [2.24, 2.45) is 0 Å². The maximum absolute atomic E-state index is 12.4. The Balaban J connectivity index is 2.17. The van der Waals surface area contributed by atoms with Crippen LogP contribution in [0.1, 0.15) is 46.9 Å². The molecule has 0 saturated heterocycles. The molecule has 128 valence electrons. The summed E-state index contributed by atoms with van der Waals surface area (Å²) in [4.78, 5) is 35.5. The van der Waals surface area contributed by atoms with E-state index in [1.54, 1.807) is 0 Å². The number of carbonyl (C=O) groups is 2. The first-order valence-corrected chi connectivity index (χ1v) is 7.74. The number of carboxylic acids is 1. The number of aliphatic hydroxyl groups excluding tert-OH is 1. The Kier molecular flexibility index (Phi) is 4.10. The highest BCUT2D eigenvalue weighted by Gasteiger charge is 2.26. The van der Waals surface area contributed by atoms with Crippen LogP contribution in [-0.2, 0) is 24.2 Å². The number of H-pyrrole nitrogens is 1. The minimum absolute atomic E-state index is 0.171. The Hall–Kier alpha value is -2.68. The summed E-state index contributed by atoms with van der Waals surface area (Å²) in [6, 6.07) is -1.15. The smallest absolute Gasteiger partial charge is 0.325 e. The maximum Gasteiger partial charge on any atom is 0.325 e. The van der Waals surface area contributed by atoms with Crippen molar-refractivity contribution in [2.45, 2.75) is 45.3 Å². The fraction of sp³-hybridized carbons (Fsp3) is 0.467. The Labute approximate surface area is 136 Å². The van der Waals surface area contributed by atoms with Crippen molar-refractivity contribution in [1.29, 1.82) is 0 Å². The van der Waals surface area contributed by atoms with Gasteiger partial charge in [-0.2, -0.15) is 9.73 Å². The topological polar surface area (TPSA) is 137 Å². The van der Waals surface area contributed by atoms with Gasteiger partial charge in [0.25, 0.3) is 11.5 Å². The van der Waals surface area contributed by atoms with Crippen LogP contribution in [0.3, 0.4) is 0 Å². The second-order valence-electron chi connectivity index (χ2n) is 5.88. The molecule has 2 aromatic rings. The van der Waals surface area contributed by atoms with Crippen molar-refractivity contribution in [2.75, 3.05) is 0 Å². The molecule has 0 bridgehead atoms. The quantitative estimate of drug-likeness (QED) is 0.600. The first-order valence-electron chi connectivity index (χ1n) is 7.74. The molecule has 2 heterocycles. The number of nitrogens with one attached hydrogen (secondary N) is 2. The number of nitrogens with zero attached hydrogens (tertiary/aromatic N) is 2. The highest BCUT2D eigenvalue weighted by atomic mass is 16.4. The molecule has 2 aromatic heterocycles. The van der Waals surface area contributed by atoms with E-state index in [9.17, 15) is 19.5 Å². The van der Waals surface area contributed by atoms with Crippen molar-refractivity contribution in [3.63, 3.8) is 0 Å². The van der Waals surface area contributed by atoms with Crippen molar-refractivity contribution < 1.29 is 19.8 Å². The van der Waals surface area contributed by atoms with Gasteiger partial charge in [0.15, 0.2) is 0 Å². The molecule has 9 heteroatoms. The van der Waals surface area contributed by atoms with E-state index in [0.29, 0.717) is 5.52 Å². The maximum atomic E-state index is 12.4. The normalized spacial score (nSPS) is 15.1. The summed E-state index contributed by atoms with van der Waals surface area (Å²) < 4.78 is 1.31. The molecule has 0 aromatic carbocycles. The Bertz CT molecular complexity index is 882. The van der Waals surface area contributed by atoms with Crippen LogP contribution in [0.25, 0.3) is 5.52 Å². The van der Waals surface area contributed by atoms with Gasteiger partial charge in [-0.25, -0.2) is 5.10 Å². The predicted molar refractivity (Wildman–Crippen MR) is 82.9 cm³/mol. The summed E-state index contributed by atoms with van der Waals surface area (Å²) in [6.45, 7) is 0.780. The average molecular weight is 334 g/mol. The first-order chi connectivity index (χ1) is 11.4. The molecular weight excluding hydrogens is 316 g/mol. The molecule has 4 N–H and O–H groups in total. The number of hydrogen-bond acceptors (Lipinski definition) is 5. The summed E-state index contributed by atoms with van der Waals surface area (Å²) in [7, 11) is 0. The van der Waals surface area contributed by atoms with E-state index in [0.717, 1.165) is 36.9 Å². The lowest BCUT2D eigenvalue weighted by molar-refractivity contribution is -0.138. The zero-order valence-corrected chi connectivity index (χ0v) is 13.1. The number of hydrogen-bond donors (Lipinski definition) is 4. The molecule has 1 atom stereocenters. The first kappa shape index (κ1) is 16.2. The number of aliphatic carboxylic acids is 1. The van der Waals surface area contributed by atoms with Gasteiger partial charge in [-0.15, -0.1) is 0 Å². The molecule has 1 aliphatic rings. The molecule has 24 heavy (non-hydrogen) atoms. The summed E-state index contributed by atoms with van der Waals surface area (Å²) in [5, 5.41) is 27.8. The number of carboxylic acid groups (broad SMARTS) is 1. The summed E-state index contributed by atoms with van der Waals surface area (Å²) in [5.74, 6) is -2.04. The van der Waals surface area contributed by atoms with E-state index in [1.165, 1.54) is 11.6 Å². The number of amides is 1. The molecule has 1 aliphatic carbocycles. The van der Waals surface area contributed by atoms with E-state index in [-0.39, 0.29) is 11.1 Å². The highest BCUT2D eigenvalue weighted by molar-refractivity contribution is 5.99. The Morgan fingerprint density at radius 3 is 2.75 bits per heavy atom. The molecule has 0 radical (unpaired) electrons. The van der Waals surface area contributed by atoms with Crippen molar-refractivity contribution >= 4 is 17.4 Å². The van der Waals surface area contributed by atoms with Crippen molar-refractivity contribution in [3.05, 3.63) is 32.7 Å². The predicted octanol–water partition coefficient (Wildman–Crippen LogP) is -0.403. The van der Waals surface area contributed by atoms with Gasteiger partial charge in [0.2, 0.25) is 0 Å². The summed E-state index contributed by atoms with van der Waals surface area (Å²) >= 11 is 0. The van der Waals surface area contributed by atoms with Gasteiger partial charge < -0.3 is 15.5 Å². The number of fused-ring (bicyclic) bond motifs is 3. The van der Waals surface area contributed by atoms with Crippen LogP contribution in [0.15, 0.2) is 4.79 Å². The number of aliphatic hydroxyl groups is 1. The summed E-state index contributed by atoms with van der Waals surface area (Å²) in [6.07, 6.45) is 3.50. The van der Waals surface area contributed by atoms with Gasteiger partial charge in [-0.05, 0) is 32.6 Å². The molecule has 9 nitrogen and oxygen atoms in total. The van der Waals surface area contributed by atoms with Crippen LogP contribution in [0.4, 0.5) is 0 Å². The van der Waals surface area contributed by atoms with E-state index < -0.39 is 30.1 Å². The number of aromatic nitrogens is 3. The molecule has 1 amide bonds.